The first-order chi connectivity index (χ1) is 12.7. The van der Waals surface area contributed by atoms with Gasteiger partial charge in [-0.05, 0) is 37.7 Å². The van der Waals surface area contributed by atoms with Crippen LogP contribution in [0.4, 0.5) is 9.18 Å². The van der Waals surface area contributed by atoms with Gasteiger partial charge in [0.05, 0.1) is 5.69 Å². The summed E-state index contributed by atoms with van der Waals surface area (Å²) in [5.74, 6) is 0.689. The third kappa shape index (κ3) is 4.03. The lowest BCUT2D eigenvalue weighted by Gasteiger charge is -2.32. The molecule has 2 heterocycles. The number of carbonyl (C=O) groups excluding carboxylic acids is 1. The molecule has 6 nitrogen and oxygen atoms in total. The van der Waals surface area contributed by atoms with Crippen molar-refractivity contribution < 1.29 is 9.18 Å². The van der Waals surface area contributed by atoms with Gasteiger partial charge >= 0.3 is 6.03 Å². The average Bonchev–Trinajstić information content (AvgIpc) is 3.41. The van der Waals surface area contributed by atoms with E-state index in [1.165, 1.54) is 18.9 Å². The van der Waals surface area contributed by atoms with Gasteiger partial charge in [0, 0.05) is 43.9 Å². The fraction of sp³-hybridized carbons (Fsp3) is 0.526. The molecule has 1 unspecified atom stereocenters. The van der Waals surface area contributed by atoms with Crippen LogP contribution in [0.25, 0.3) is 0 Å². The lowest BCUT2D eigenvalue weighted by molar-refractivity contribution is 0.157. The summed E-state index contributed by atoms with van der Waals surface area (Å²) in [5.41, 5.74) is 1.60. The van der Waals surface area contributed by atoms with Crippen LogP contribution in [0.15, 0.2) is 30.5 Å². The number of nitrogens with zero attached hydrogens (tertiary/aromatic N) is 4. The Morgan fingerprint density at radius 2 is 2.12 bits per heavy atom. The lowest BCUT2D eigenvalue weighted by atomic mass is 9.98. The van der Waals surface area contributed by atoms with Gasteiger partial charge in [-0.25, -0.2) is 9.18 Å². The van der Waals surface area contributed by atoms with Crippen molar-refractivity contribution in [3.8, 4) is 0 Å². The zero-order valence-electron chi connectivity index (χ0n) is 14.8. The monoisotopic (exact) mass is 357 g/mol. The second kappa shape index (κ2) is 7.43. The molecule has 2 amide bonds. The van der Waals surface area contributed by atoms with Crippen molar-refractivity contribution in [3.05, 3.63) is 47.5 Å². The Morgan fingerprint density at radius 3 is 2.92 bits per heavy atom. The second-order valence-electron chi connectivity index (χ2n) is 7.34. The number of likely N-dealkylation sites (tertiary alicyclic amines) is 1. The minimum Gasteiger partial charge on any atom is -0.334 e. The minimum atomic E-state index is -0.290. The number of hydrogen-bond donors (Lipinski definition) is 1. The van der Waals surface area contributed by atoms with E-state index in [0.29, 0.717) is 23.9 Å². The molecule has 0 radical (unpaired) electrons. The van der Waals surface area contributed by atoms with Gasteiger partial charge in [0.25, 0.3) is 0 Å². The molecule has 1 aromatic heterocycles. The SMILES string of the molecule is O=C(NCc1ccccc1F)N1CCCC(Cn2cc(C3CC3)nn2)C1. The summed E-state index contributed by atoms with van der Waals surface area (Å²) in [6, 6.07) is 6.39. The molecule has 138 valence electrons. The summed E-state index contributed by atoms with van der Waals surface area (Å²) < 4.78 is 15.6. The van der Waals surface area contributed by atoms with Crippen LogP contribution < -0.4 is 5.32 Å². The summed E-state index contributed by atoms with van der Waals surface area (Å²) >= 11 is 0. The first kappa shape index (κ1) is 17.0. The summed E-state index contributed by atoms with van der Waals surface area (Å²) in [6.45, 7) is 2.43. The molecule has 26 heavy (non-hydrogen) atoms. The molecular formula is C19H24FN5O. The number of benzene rings is 1. The molecule has 1 N–H and O–H groups in total. The van der Waals surface area contributed by atoms with Crippen molar-refractivity contribution in [3.63, 3.8) is 0 Å². The van der Waals surface area contributed by atoms with Crippen LogP contribution in [0.5, 0.6) is 0 Å². The number of nitrogens with one attached hydrogen (secondary N) is 1. The van der Waals surface area contributed by atoms with E-state index in [1.807, 2.05) is 9.58 Å². The van der Waals surface area contributed by atoms with Gasteiger partial charge in [-0.1, -0.05) is 23.4 Å². The number of halogens is 1. The molecule has 1 aliphatic heterocycles. The first-order valence-corrected chi connectivity index (χ1v) is 9.35. The van der Waals surface area contributed by atoms with E-state index in [-0.39, 0.29) is 18.4 Å². The van der Waals surface area contributed by atoms with E-state index in [2.05, 4.69) is 21.8 Å². The number of rotatable bonds is 5. The van der Waals surface area contributed by atoms with Gasteiger partial charge in [-0.15, -0.1) is 5.10 Å². The number of amides is 2. The van der Waals surface area contributed by atoms with Crippen molar-refractivity contribution in [2.75, 3.05) is 13.1 Å². The third-order valence-electron chi connectivity index (χ3n) is 5.19. The molecule has 2 fully saturated rings. The minimum absolute atomic E-state index is 0.129. The molecule has 1 aliphatic carbocycles. The van der Waals surface area contributed by atoms with Crippen molar-refractivity contribution in [1.29, 1.82) is 0 Å². The van der Waals surface area contributed by atoms with Crippen LogP contribution in [0.1, 0.15) is 42.9 Å². The molecule has 1 saturated heterocycles. The quantitative estimate of drug-likeness (QED) is 0.895. The highest BCUT2D eigenvalue weighted by Crippen LogP contribution is 2.38. The number of piperidine rings is 1. The summed E-state index contributed by atoms with van der Waals surface area (Å²) in [6.07, 6.45) is 6.54. The van der Waals surface area contributed by atoms with Crippen LogP contribution >= 0.6 is 0 Å². The average molecular weight is 357 g/mol. The Morgan fingerprint density at radius 1 is 1.27 bits per heavy atom. The van der Waals surface area contributed by atoms with E-state index >= 15 is 0 Å². The normalized spacial score (nSPS) is 20.2. The molecule has 0 spiro atoms. The van der Waals surface area contributed by atoms with Crippen LogP contribution in [0.2, 0.25) is 0 Å². The Balaban J connectivity index is 1.29. The van der Waals surface area contributed by atoms with E-state index in [4.69, 9.17) is 0 Å². The molecule has 1 atom stereocenters. The van der Waals surface area contributed by atoms with Crippen LogP contribution in [0, 0.1) is 11.7 Å². The van der Waals surface area contributed by atoms with Crippen molar-refractivity contribution in [1.82, 2.24) is 25.2 Å². The van der Waals surface area contributed by atoms with Gasteiger partial charge in [0.2, 0.25) is 0 Å². The van der Waals surface area contributed by atoms with Crippen LogP contribution in [0.3, 0.4) is 0 Å². The molecule has 1 aromatic carbocycles. The van der Waals surface area contributed by atoms with Gasteiger partial charge in [0.1, 0.15) is 5.82 Å². The summed E-state index contributed by atoms with van der Waals surface area (Å²) in [7, 11) is 0. The summed E-state index contributed by atoms with van der Waals surface area (Å²) in [5, 5.41) is 11.3. The van der Waals surface area contributed by atoms with E-state index in [0.717, 1.165) is 31.6 Å². The summed E-state index contributed by atoms with van der Waals surface area (Å²) in [4.78, 5) is 14.3. The smallest absolute Gasteiger partial charge is 0.317 e. The zero-order valence-corrected chi connectivity index (χ0v) is 14.8. The Kier molecular flexibility index (Phi) is 4.86. The highest BCUT2D eigenvalue weighted by Gasteiger charge is 2.28. The number of aromatic nitrogens is 3. The molecule has 7 heteroatoms. The van der Waals surface area contributed by atoms with E-state index < -0.39 is 0 Å². The maximum Gasteiger partial charge on any atom is 0.317 e. The number of carbonyl (C=O) groups is 1. The molecule has 2 aliphatic rings. The largest absolute Gasteiger partial charge is 0.334 e. The van der Waals surface area contributed by atoms with Gasteiger partial charge in [0.15, 0.2) is 0 Å². The number of urea groups is 1. The molecule has 4 rings (SSSR count). The lowest BCUT2D eigenvalue weighted by Crippen LogP contribution is -2.46. The van der Waals surface area contributed by atoms with Crippen LogP contribution in [-0.2, 0) is 13.1 Å². The van der Waals surface area contributed by atoms with Crippen molar-refractivity contribution in [2.45, 2.75) is 44.7 Å². The molecule has 1 saturated carbocycles. The predicted molar refractivity (Wildman–Crippen MR) is 94.9 cm³/mol. The Hall–Kier alpha value is -2.44. The molecule has 0 bridgehead atoms. The fourth-order valence-electron chi connectivity index (χ4n) is 3.56. The van der Waals surface area contributed by atoms with Gasteiger partial charge in [-0.2, -0.15) is 0 Å². The maximum atomic E-state index is 13.7. The third-order valence-corrected chi connectivity index (χ3v) is 5.19. The predicted octanol–water partition coefficient (Wildman–Crippen LogP) is 2.92. The van der Waals surface area contributed by atoms with Gasteiger partial charge < -0.3 is 10.2 Å². The first-order valence-electron chi connectivity index (χ1n) is 9.35. The van der Waals surface area contributed by atoms with Gasteiger partial charge in [-0.3, -0.25) is 4.68 Å². The Bertz CT molecular complexity index is 773. The van der Waals surface area contributed by atoms with Crippen LogP contribution in [-0.4, -0.2) is 39.0 Å². The van der Waals surface area contributed by atoms with E-state index in [9.17, 15) is 9.18 Å². The molecule has 2 aromatic rings. The fourth-order valence-corrected chi connectivity index (χ4v) is 3.56. The highest BCUT2D eigenvalue weighted by atomic mass is 19.1. The Labute approximate surface area is 152 Å². The van der Waals surface area contributed by atoms with Crippen molar-refractivity contribution in [2.24, 2.45) is 5.92 Å². The maximum absolute atomic E-state index is 13.7. The van der Waals surface area contributed by atoms with E-state index in [1.54, 1.807) is 18.2 Å². The highest BCUT2D eigenvalue weighted by molar-refractivity contribution is 5.74. The zero-order chi connectivity index (χ0) is 17.9. The molecular weight excluding hydrogens is 333 g/mol. The second-order valence-corrected chi connectivity index (χ2v) is 7.34. The topological polar surface area (TPSA) is 63.1 Å². The number of hydrogen-bond acceptors (Lipinski definition) is 3. The standard InChI is InChI=1S/C19H24FN5O/c20-17-6-2-1-5-16(17)10-21-19(26)24-9-3-4-14(11-24)12-25-13-18(22-23-25)15-7-8-15/h1-2,5-6,13-15H,3-4,7-12H2,(H,21,26). The van der Waals surface area contributed by atoms with Crippen molar-refractivity contribution >= 4 is 6.03 Å².